The molecule has 0 aromatic heterocycles. The Labute approximate surface area is 194 Å². The number of quaternary nitrogens is 1. The highest BCUT2D eigenvalue weighted by atomic mass is 16.5. The molecule has 0 radical (unpaired) electrons. The van der Waals surface area contributed by atoms with Gasteiger partial charge in [-0.25, -0.2) is 0 Å². The summed E-state index contributed by atoms with van der Waals surface area (Å²) < 4.78 is 11.7. The normalized spacial score (nSPS) is 10.9. The second kappa shape index (κ2) is 13.6. The van der Waals surface area contributed by atoms with Gasteiger partial charge in [0.25, 0.3) is 0 Å². The van der Waals surface area contributed by atoms with Crippen LogP contribution < -0.4 is 31.6 Å². The van der Waals surface area contributed by atoms with Crippen LogP contribution in [-0.2, 0) is 0 Å². The van der Waals surface area contributed by atoms with Gasteiger partial charge in [-0.3, -0.25) is 0 Å². The summed E-state index contributed by atoms with van der Waals surface area (Å²) in [5, 5.41) is 6.97. The zero-order chi connectivity index (χ0) is 22.7. The molecule has 0 saturated heterocycles. The molecule has 0 aliphatic heterocycles. The largest absolute Gasteiger partial charge is 0.495 e. The Hall–Kier alpha value is -2.80. The van der Waals surface area contributed by atoms with Crippen molar-refractivity contribution in [2.24, 2.45) is 0 Å². The molecule has 0 spiro atoms. The average molecular weight is 446 g/mol. The quantitative estimate of drug-likeness (QED) is 0.148. The molecule has 0 amide bonds. The molecule has 0 fully saturated rings. The van der Waals surface area contributed by atoms with Gasteiger partial charge in [-0.15, -0.1) is 0 Å². The standard InChI is InChI=1S/C24H40N5O2.CH3/c1-5-14-29(2,15-6-12-27-19-8-10-21(25)23(17-19)30-3)16-7-13-28-20-9-11-22(26)24(18-20)31-4;/h8-11,17-18,27-28H,5-7,12-16,25-26H2,1-4H3;1H3/q+1;-1. The molecule has 0 aliphatic rings. The number of nitrogens with two attached hydrogens (primary N) is 2. The lowest BCUT2D eigenvalue weighted by Crippen LogP contribution is -2.47. The minimum absolute atomic E-state index is 0. The molecule has 7 nitrogen and oxygen atoms in total. The smallest absolute Gasteiger partial charge is 0.143 e. The first kappa shape index (κ1) is 27.2. The third-order valence-electron chi connectivity index (χ3n) is 5.64. The van der Waals surface area contributed by atoms with E-state index in [1.807, 2.05) is 36.4 Å². The van der Waals surface area contributed by atoms with Crippen molar-refractivity contribution in [1.29, 1.82) is 0 Å². The van der Waals surface area contributed by atoms with Gasteiger partial charge in [0, 0.05) is 49.4 Å². The van der Waals surface area contributed by atoms with E-state index >= 15 is 0 Å². The number of nitrogens with one attached hydrogen (secondary N) is 2. The van der Waals surface area contributed by atoms with E-state index in [0.29, 0.717) is 22.9 Å². The summed E-state index contributed by atoms with van der Waals surface area (Å²) in [6.45, 7) is 7.58. The van der Waals surface area contributed by atoms with Crippen molar-refractivity contribution in [1.82, 2.24) is 0 Å². The molecule has 0 unspecified atom stereocenters. The number of methoxy groups -OCH3 is 2. The van der Waals surface area contributed by atoms with Crippen LogP contribution in [0.25, 0.3) is 0 Å². The summed E-state index contributed by atoms with van der Waals surface area (Å²) in [6, 6.07) is 11.6. The monoisotopic (exact) mass is 445 g/mol. The van der Waals surface area contributed by atoms with Gasteiger partial charge in [0.05, 0.1) is 52.3 Å². The minimum Gasteiger partial charge on any atom is -0.495 e. The van der Waals surface area contributed by atoms with Crippen LogP contribution >= 0.6 is 0 Å². The van der Waals surface area contributed by atoms with Gasteiger partial charge in [-0.2, -0.15) is 0 Å². The second-order valence-electron chi connectivity index (χ2n) is 8.26. The van der Waals surface area contributed by atoms with Crippen molar-refractivity contribution in [3.63, 3.8) is 0 Å². The number of hydrogen-bond acceptors (Lipinski definition) is 6. The number of benzene rings is 2. The van der Waals surface area contributed by atoms with Crippen LogP contribution in [0.2, 0.25) is 0 Å². The van der Waals surface area contributed by atoms with Gasteiger partial charge in [0.1, 0.15) is 11.5 Å². The van der Waals surface area contributed by atoms with Crippen LogP contribution in [0.1, 0.15) is 26.2 Å². The summed E-state index contributed by atoms with van der Waals surface area (Å²) in [4.78, 5) is 0. The summed E-state index contributed by atoms with van der Waals surface area (Å²) in [5.74, 6) is 1.42. The van der Waals surface area contributed by atoms with E-state index in [2.05, 4.69) is 24.6 Å². The maximum Gasteiger partial charge on any atom is 0.143 e. The Morgan fingerprint density at radius 2 is 1.22 bits per heavy atom. The number of ether oxygens (including phenoxy) is 2. The summed E-state index contributed by atoms with van der Waals surface area (Å²) in [5.41, 5.74) is 15.2. The average Bonchev–Trinajstić information content (AvgIpc) is 2.76. The molecule has 0 atom stereocenters. The van der Waals surface area contributed by atoms with Crippen molar-refractivity contribution in [3.8, 4) is 11.5 Å². The molecule has 180 valence electrons. The lowest BCUT2D eigenvalue weighted by molar-refractivity contribution is -0.909. The van der Waals surface area contributed by atoms with E-state index in [0.717, 1.165) is 54.9 Å². The molecule has 2 aromatic carbocycles. The predicted molar refractivity (Wildman–Crippen MR) is 139 cm³/mol. The van der Waals surface area contributed by atoms with Gasteiger partial charge in [0.2, 0.25) is 0 Å². The number of anilines is 4. The number of rotatable bonds is 14. The van der Waals surface area contributed by atoms with Crippen LogP contribution in [-0.4, -0.2) is 58.5 Å². The van der Waals surface area contributed by atoms with Gasteiger partial charge < -0.3 is 43.5 Å². The summed E-state index contributed by atoms with van der Waals surface area (Å²) in [7, 11) is 5.64. The molecule has 0 aliphatic carbocycles. The first-order chi connectivity index (χ1) is 14.9. The Bertz CT molecular complexity index is 751. The number of nitrogen functional groups attached to an aromatic ring is 2. The maximum atomic E-state index is 5.89. The fourth-order valence-corrected chi connectivity index (χ4v) is 3.90. The molecule has 7 heteroatoms. The molecule has 2 rings (SSSR count). The second-order valence-corrected chi connectivity index (χ2v) is 8.26. The van der Waals surface area contributed by atoms with Crippen LogP contribution in [0.4, 0.5) is 22.7 Å². The summed E-state index contributed by atoms with van der Waals surface area (Å²) in [6.07, 6.45) is 3.39. The Morgan fingerprint density at radius 3 is 1.59 bits per heavy atom. The van der Waals surface area contributed by atoms with Crippen molar-refractivity contribution < 1.29 is 14.0 Å². The molecule has 0 heterocycles. The lowest BCUT2D eigenvalue weighted by atomic mass is 10.2. The van der Waals surface area contributed by atoms with Crippen LogP contribution in [0.3, 0.4) is 0 Å². The summed E-state index contributed by atoms with van der Waals surface area (Å²) >= 11 is 0. The molecule has 6 N–H and O–H groups in total. The van der Waals surface area contributed by atoms with E-state index in [1.165, 1.54) is 13.0 Å². The van der Waals surface area contributed by atoms with Crippen LogP contribution in [0.5, 0.6) is 11.5 Å². The fraction of sp³-hybridized carbons (Fsp3) is 0.480. The van der Waals surface area contributed by atoms with Gasteiger partial charge in [-0.1, -0.05) is 6.92 Å². The van der Waals surface area contributed by atoms with Crippen LogP contribution in [0, 0.1) is 7.43 Å². The third kappa shape index (κ3) is 8.38. The Morgan fingerprint density at radius 1 is 0.781 bits per heavy atom. The zero-order valence-electron chi connectivity index (χ0n) is 20.5. The molecule has 2 aromatic rings. The molecular weight excluding hydrogens is 402 g/mol. The highest BCUT2D eigenvalue weighted by Gasteiger charge is 2.19. The van der Waals surface area contributed by atoms with E-state index < -0.39 is 0 Å². The highest BCUT2D eigenvalue weighted by Crippen LogP contribution is 2.26. The zero-order valence-corrected chi connectivity index (χ0v) is 20.5. The van der Waals surface area contributed by atoms with Gasteiger partial charge >= 0.3 is 0 Å². The van der Waals surface area contributed by atoms with Crippen molar-refractivity contribution in [2.45, 2.75) is 26.2 Å². The molecule has 0 bridgehead atoms. The van der Waals surface area contributed by atoms with E-state index in [9.17, 15) is 0 Å². The number of hydrogen-bond donors (Lipinski definition) is 4. The maximum absolute atomic E-state index is 5.89. The van der Waals surface area contributed by atoms with E-state index in [4.69, 9.17) is 20.9 Å². The third-order valence-corrected chi connectivity index (χ3v) is 5.64. The minimum atomic E-state index is 0. The highest BCUT2D eigenvalue weighted by molar-refractivity contribution is 5.62. The molecule has 0 saturated carbocycles. The first-order valence-corrected chi connectivity index (χ1v) is 11.1. The Balaban J connectivity index is 0.00000512. The predicted octanol–water partition coefficient (Wildman–Crippen LogP) is 4.48. The van der Waals surface area contributed by atoms with Crippen molar-refractivity contribution in [2.75, 3.05) is 76.1 Å². The van der Waals surface area contributed by atoms with Crippen molar-refractivity contribution >= 4 is 22.7 Å². The van der Waals surface area contributed by atoms with Gasteiger partial charge in [-0.05, 0) is 30.7 Å². The SMILES string of the molecule is CCC[N+](C)(CCCNc1ccc(N)c(OC)c1)CCCNc1ccc(N)c(OC)c1.[CH3-]. The lowest BCUT2D eigenvalue weighted by Gasteiger charge is -2.34. The topological polar surface area (TPSA) is 94.6 Å². The first-order valence-electron chi connectivity index (χ1n) is 11.1. The Kier molecular flexibility index (Phi) is 11.6. The van der Waals surface area contributed by atoms with E-state index in [1.54, 1.807) is 14.2 Å². The van der Waals surface area contributed by atoms with Crippen molar-refractivity contribution in [3.05, 3.63) is 43.8 Å². The molecule has 32 heavy (non-hydrogen) atoms. The van der Waals surface area contributed by atoms with E-state index in [-0.39, 0.29) is 7.43 Å². The molecular formula is C25H43N5O2. The fourth-order valence-electron chi connectivity index (χ4n) is 3.90. The van der Waals surface area contributed by atoms with Gasteiger partial charge in [0.15, 0.2) is 0 Å². The van der Waals surface area contributed by atoms with Crippen LogP contribution in [0.15, 0.2) is 36.4 Å². The number of nitrogens with zero attached hydrogens (tertiary/aromatic N) is 1.